The van der Waals surface area contributed by atoms with Gasteiger partial charge in [0.25, 0.3) is 0 Å². The first kappa shape index (κ1) is 15.2. The molecule has 0 unspecified atom stereocenters. The molecule has 0 aliphatic heterocycles. The maximum Gasteiger partial charge on any atom is 0.331 e. The van der Waals surface area contributed by atoms with Crippen LogP contribution in [-0.4, -0.2) is 9.55 Å². The average molecular weight is 326 g/mol. The Bertz CT molecular complexity index is 1040. The van der Waals surface area contributed by atoms with Crippen molar-refractivity contribution in [3.63, 3.8) is 0 Å². The molecule has 122 valence electrons. The van der Waals surface area contributed by atoms with E-state index in [1.807, 2.05) is 72.8 Å². The van der Waals surface area contributed by atoms with Crippen LogP contribution in [0, 0.1) is 6.92 Å². The molecular formula is C22H18N2O. The summed E-state index contributed by atoms with van der Waals surface area (Å²) in [6, 6.07) is 27.9. The highest BCUT2D eigenvalue weighted by atomic mass is 16.1. The Morgan fingerprint density at radius 1 is 0.720 bits per heavy atom. The number of H-pyrrole nitrogens is 1. The van der Waals surface area contributed by atoms with E-state index in [9.17, 15) is 4.79 Å². The number of para-hydroxylation sites is 1. The zero-order valence-corrected chi connectivity index (χ0v) is 13.9. The third-order valence-corrected chi connectivity index (χ3v) is 4.30. The van der Waals surface area contributed by atoms with Crippen molar-refractivity contribution in [1.29, 1.82) is 0 Å². The molecular weight excluding hydrogens is 308 g/mol. The second kappa shape index (κ2) is 6.29. The van der Waals surface area contributed by atoms with Crippen LogP contribution in [0.15, 0.2) is 89.7 Å². The van der Waals surface area contributed by atoms with E-state index in [0.717, 1.165) is 28.2 Å². The molecule has 0 bridgehead atoms. The second-order valence-corrected chi connectivity index (χ2v) is 6.06. The zero-order valence-electron chi connectivity index (χ0n) is 13.9. The van der Waals surface area contributed by atoms with Gasteiger partial charge in [0.15, 0.2) is 0 Å². The van der Waals surface area contributed by atoms with Crippen LogP contribution < -0.4 is 5.69 Å². The summed E-state index contributed by atoms with van der Waals surface area (Å²) in [4.78, 5) is 15.8. The molecule has 0 spiro atoms. The Balaban J connectivity index is 2.03. The Morgan fingerprint density at radius 2 is 1.32 bits per heavy atom. The van der Waals surface area contributed by atoms with Gasteiger partial charge in [0, 0.05) is 11.1 Å². The van der Waals surface area contributed by atoms with Gasteiger partial charge in [0.1, 0.15) is 0 Å². The Labute approximate surface area is 146 Å². The van der Waals surface area contributed by atoms with Crippen LogP contribution in [0.3, 0.4) is 0 Å². The van der Waals surface area contributed by atoms with E-state index in [2.05, 4.69) is 24.0 Å². The van der Waals surface area contributed by atoms with E-state index >= 15 is 0 Å². The Morgan fingerprint density at radius 3 is 1.96 bits per heavy atom. The van der Waals surface area contributed by atoms with Crippen molar-refractivity contribution in [3.05, 3.63) is 101 Å². The molecule has 0 aliphatic carbocycles. The van der Waals surface area contributed by atoms with Crippen molar-refractivity contribution in [1.82, 2.24) is 9.55 Å². The topological polar surface area (TPSA) is 37.8 Å². The number of nitrogens with one attached hydrogen (secondary N) is 1. The highest BCUT2D eigenvalue weighted by Gasteiger charge is 2.18. The summed E-state index contributed by atoms with van der Waals surface area (Å²) in [5, 5.41) is 0. The third-order valence-electron chi connectivity index (χ3n) is 4.30. The summed E-state index contributed by atoms with van der Waals surface area (Å²) in [5.74, 6) is 0. The van der Waals surface area contributed by atoms with Crippen LogP contribution in [0.5, 0.6) is 0 Å². The highest BCUT2D eigenvalue weighted by Crippen LogP contribution is 2.31. The number of hydrogen-bond acceptors (Lipinski definition) is 1. The first-order valence-corrected chi connectivity index (χ1v) is 8.27. The molecule has 1 N–H and O–H groups in total. The van der Waals surface area contributed by atoms with Crippen molar-refractivity contribution >= 4 is 0 Å². The number of benzene rings is 3. The monoisotopic (exact) mass is 326 g/mol. The highest BCUT2D eigenvalue weighted by molar-refractivity contribution is 5.80. The number of aromatic amines is 1. The van der Waals surface area contributed by atoms with Crippen LogP contribution in [-0.2, 0) is 0 Å². The summed E-state index contributed by atoms with van der Waals surface area (Å²) in [6.07, 6.45) is 0. The van der Waals surface area contributed by atoms with Crippen LogP contribution >= 0.6 is 0 Å². The lowest BCUT2D eigenvalue weighted by molar-refractivity contribution is 0.993. The summed E-state index contributed by atoms with van der Waals surface area (Å²) in [5.41, 5.74) is 5.61. The van der Waals surface area contributed by atoms with Gasteiger partial charge in [0.2, 0.25) is 0 Å². The molecule has 0 saturated carbocycles. The van der Waals surface area contributed by atoms with E-state index in [-0.39, 0.29) is 5.69 Å². The number of imidazole rings is 1. The van der Waals surface area contributed by atoms with Gasteiger partial charge in [-0.2, -0.15) is 0 Å². The van der Waals surface area contributed by atoms with Gasteiger partial charge in [0.05, 0.1) is 17.1 Å². The summed E-state index contributed by atoms with van der Waals surface area (Å²) in [7, 11) is 0. The standard InChI is InChI=1S/C22H18N2O/c1-16-12-14-17(15-13-16)20-21(18-8-4-2-5-9-18)24(22(25)23-20)19-10-6-3-7-11-19/h2-15H,1H3,(H,23,25). The van der Waals surface area contributed by atoms with Gasteiger partial charge < -0.3 is 4.98 Å². The van der Waals surface area contributed by atoms with Gasteiger partial charge in [-0.3, -0.25) is 4.57 Å². The molecule has 3 aromatic carbocycles. The van der Waals surface area contributed by atoms with E-state index in [4.69, 9.17) is 0 Å². The lowest BCUT2D eigenvalue weighted by Gasteiger charge is -2.10. The summed E-state index contributed by atoms with van der Waals surface area (Å²) in [6.45, 7) is 2.06. The molecule has 0 saturated heterocycles. The minimum absolute atomic E-state index is 0.138. The molecule has 3 heteroatoms. The molecule has 4 rings (SSSR count). The largest absolute Gasteiger partial charge is 0.331 e. The van der Waals surface area contributed by atoms with Gasteiger partial charge in [-0.15, -0.1) is 0 Å². The Kier molecular flexibility index (Phi) is 3.82. The SMILES string of the molecule is Cc1ccc(-c2[nH]c(=O)n(-c3ccccc3)c2-c2ccccc2)cc1. The first-order valence-electron chi connectivity index (χ1n) is 8.27. The molecule has 0 aliphatic rings. The summed E-state index contributed by atoms with van der Waals surface area (Å²) >= 11 is 0. The van der Waals surface area contributed by atoms with Crippen molar-refractivity contribution in [3.8, 4) is 28.2 Å². The van der Waals surface area contributed by atoms with Gasteiger partial charge in [-0.1, -0.05) is 78.4 Å². The fourth-order valence-electron chi connectivity index (χ4n) is 3.06. The Hall–Kier alpha value is -3.33. The van der Waals surface area contributed by atoms with Crippen LogP contribution in [0.25, 0.3) is 28.2 Å². The number of rotatable bonds is 3. The van der Waals surface area contributed by atoms with Crippen LogP contribution in [0.4, 0.5) is 0 Å². The molecule has 3 nitrogen and oxygen atoms in total. The minimum Gasteiger partial charge on any atom is -0.305 e. The van der Waals surface area contributed by atoms with Crippen molar-refractivity contribution in [2.24, 2.45) is 0 Å². The lowest BCUT2D eigenvalue weighted by atomic mass is 10.0. The van der Waals surface area contributed by atoms with E-state index in [1.165, 1.54) is 5.56 Å². The molecule has 25 heavy (non-hydrogen) atoms. The fraction of sp³-hybridized carbons (Fsp3) is 0.0455. The third kappa shape index (κ3) is 2.81. The second-order valence-electron chi connectivity index (χ2n) is 6.06. The molecule has 1 heterocycles. The predicted molar refractivity (Wildman–Crippen MR) is 102 cm³/mol. The minimum atomic E-state index is -0.138. The van der Waals surface area contributed by atoms with E-state index in [0.29, 0.717) is 0 Å². The molecule has 0 radical (unpaired) electrons. The normalized spacial score (nSPS) is 10.8. The van der Waals surface area contributed by atoms with E-state index < -0.39 is 0 Å². The number of aryl methyl sites for hydroxylation is 1. The van der Waals surface area contributed by atoms with Crippen LogP contribution in [0.1, 0.15) is 5.56 Å². The number of nitrogens with zero attached hydrogens (tertiary/aromatic N) is 1. The molecule has 1 aromatic heterocycles. The predicted octanol–water partition coefficient (Wildman–Crippen LogP) is 4.81. The van der Waals surface area contributed by atoms with Crippen LogP contribution in [0.2, 0.25) is 0 Å². The fourth-order valence-corrected chi connectivity index (χ4v) is 3.06. The van der Waals surface area contributed by atoms with Gasteiger partial charge in [-0.25, -0.2) is 4.79 Å². The maximum absolute atomic E-state index is 12.8. The summed E-state index contributed by atoms with van der Waals surface area (Å²) < 4.78 is 1.74. The molecule has 0 amide bonds. The first-order chi connectivity index (χ1) is 12.2. The van der Waals surface area contributed by atoms with Gasteiger partial charge in [-0.05, 0) is 19.1 Å². The van der Waals surface area contributed by atoms with Gasteiger partial charge >= 0.3 is 5.69 Å². The average Bonchev–Trinajstić information content (AvgIpc) is 3.01. The molecule has 4 aromatic rings. The number of hydrogen-bond donors (Lipinski definition) is 1. The quantitative estimate of drug-likeness (QED) is 0.576. The number of aromatic nitrogens is 2. The zero-order chi connectivity index (χ0) is 17.2. The van der Waals surface area contributed by atoms with Crippen molar-refractivity contribution < 1.29 is 0 Å². The maximum atomic E-state index is 12.8. The molecule has 0 atom stereocenters. The lowest BCUT2D eigenvalue weighted by Crippen LogP contribution is -2.15. The smallest absolute Gasteiger partial charge is 0.305 e. The van der Waals surface area contributed by atoms with Crippen molar-refractivity contribution in [2.75, 3.05) is 0 Å². The van der Waals surface area contributed by atoms with Crippen molar-refractivity contribution in [2.45, 2.75) is 6.92 Å². The molecule has 0 fully saturated rings. The van der Waals surface area contributed by atoms with E-state index in [1.54, 1.807) is 4.57 Å².